The van der Waals surface area contributed by atoms with Gasteiger partial charge in [-0.3, -0.25) is 10.1 Å². The van der Waals surface area contributed by atoms with E-state index in [2.05, 4.69) is 5.32 Å². The molecule has 0 spiro atoms. The van der Waals surface area contributed by atoms with E-state index >= 15 is 0 Å². The average molecular weight is 364 g/mol. The minimum atomic E-state index is -1.20. The van der Waals surface area contributed by atoms with E-state index < -0.39 is 23.3 Å². The summed E-state index contributed by atoms with van der Waals surface area (Å²) >= 11 is 5.21. The molecule has 0 atom stereocenters. The quantitative estimate of drug-likeness (QED) is 0.442. The fourth-order valence-electron chi connectivity index (χ4n) is 2.02. The number of hydrogen-bond acceptors (Lipinski definition) is 5. The third-order valence-corrected chi connectivity index (χ3v) is 3.30. The maximum atomic E-state index is 13.3. The first-order chi connectivity index (χ1) is 11.8. The number of hydrogen-bond donors (Lipinski definition) is 2. The first kappa shape index (κ1) is 18.3. The molecule has 2 N–H and O–H groups in total. The monoisotopic (exact) mass is 364 g/mol. The molecule has 7 nitrogen and oxygen atoms in total. The Morgan fingerprint density at radius 1 is 1.32 bits per heavy atom. The number of non-ortho nitro benzene ring substituents is 1. The van der Waals surface area contributed by atoms with Crippen molar-refractivity contribution in [1.82, 2.24) is 0 Å². The maximum absolute atomic E-state index is 13.3. The van der Waals surface area contributed by atoms with Crippen molar-refractivity contribution in [2.24, 2.45) is 0 Å². The Labute approximate surface area is 147 Å². The molecule has 0 aliphatic heterocycles. The number of carboxylic acids is 1. The normalized spacial score (nSPS) is 10.1. The van der Waals surface area contributed by atoms with Crippen LogP contribution in [0.15, 0.2) is 42.5 Å². The van der Waals surface area contributed by atoms with Crippen molar-refractivity contribution in [1.29, 1.82) is 0 Å². The molecule has 25 heavy (non-hydrogen) atoms. The van der Waals surface area contributed by atoms with E-state index in [1.165, 1.54) is 24.3 Å². The highest BCUT2D eigenvalue weighted by atomic mass is 32.1. The van der Waals surface area contributed by atoms with Crippen LogP contribution in [0.25, 0.3) is 0 Å². The zero-order chi connectivity index (χ0) is 18.4. The van der Waals surface area contributed by atoms with Gasteiger partial charge in [-0.25, -0.2) is 9.18 Å². The minimum Gasteiger partial charge on any atom is -0.480 e. The summed E-state index contributed by atoms with van der Waals surface area (Å²) in [4.78, 5) is 21.2. The first-order valence-corrected chi connectivity index (χ1v) is 7.43. The predicted octanol–water partition coefficient (Wildman–Crippen LogP) is 3.18. The van der Waals surface area contributed by atoms with Gasteiger partial charge in [0.15, 0.2) is 6.61 Å². The third-order valence-electron chi connectivity index (χ3n) is 3.05. The van der Waals surface area contributed by atoms with Gasteiger partial charge in [0.25, 0.3) is 5.69 Å². The number of benzene rings is 2. The van der Waals surface area contributed by atoms with Crippen molar-refractivity contribution >= 4 is 34.6 Å². The smallest absolute Gasteiger partial charge is 0.341 e. The molecule has 0 heterocycles. The highest BCUT2D eigenvalue weighted by Gasteiger charge is 2.11. The fourth-order valence-corrected chi connectivity index (χ4v) is 2.29. The van der Waals surface area contributed by atoms with E-state index in [0.717, 1.165) is 6.07 Å². The van der Waals surface area contributed by atoms with E-state index in [1.54, 1.807) is 12.1 Å². The number of carbonyl (C=O) groups is 1. The van der Waals surface area contributed by atoms with Crippen molar-refractivity contribution in [3.8, 4) is 5.75 Å². The molecule has 0 aromatic heterocycles. The molecular weight excluding hydrogens is 351 g/mol. The Balaban J connectivity index is 2.11. The largest absolute Gasteiger partial charge is 0.480 e. The van der Waals surface area contributed by atoms with Crippen molar-refractivity contribution in [2.75, 3.05) is 11.9 Å². The summed E-state index contributed by atoms with van der Waals surface area (Å²) in [5.74, 6) is -1.78. The lowest BCUT2D eigenvalue weighted by molar-refractivity contribution is -0.384. The van der Waals surface area contributed by atoms with Crippen LogP contribution in [0.4, 0.5) is 15.8 Å². The number of ether oxygens (including phenoxy) is 1. The SMILES string of the molecule is O=C(O)COc1cc(F)ccc1NC(=S)Cc1cccc([N+](=O)[O-])c1. The Bertz CT molecular complexity index is 828. The van der Waals surface area contributed by atoms with E-state index in [1.807, 2.05) is 0 Å². The lowest BCUT2D eigenvalue weighted by Gasteiger charge is -2.13. The number of nitro benzene ring substituents is 1. The van der Waals surface area contributed by atoms with Crippen LogP contribution in [0.3, 0.4) is 0 Å². The predicted molar refractivity (Wildman–Crippen MR) is 92.6 cm³/mol. The number of aliphatic carboxylic acids is 1. The number of anilines is 1. The van der Waals surface area contributed by atoms with Crippen LogP contribution < -0.4 is 10.1 Å². The molecule has 130 valence electrons. The van der Waals surface area contributed by atoms with Gasteiger partial charge in [0.2, 0.25) is 0 Å². The molecule has 0 saturated heterocycles. The maximum Gasteiger partial charge on any atom is 0.341 e. The number of thiocarbonyl (C=S) groups is 1. The van der Waals surface area contributed by atoms with Gasteiger partial charge >= 0.3 is 5.97 Å². The zero-order valence-corrected chi connectivity index (χ0v) is 13.6. The van der Waals surface area contributed by atoms with E-state index in [-0.39, 0.29) is 17.9 Å². The van der Waals surface area contributed by atoms with Gasteiger partial charge in [-0.2, -0.15) is 0 Å². The first-order valence-electron chi connectivity index (χ1n) is 7.02. The van der Waals surface area contributed by atoms with Crippen LogP contribution >= 0.6 is 12.2 Å². The van der Waals surface area contributed by atoms with Gasteiger partial charge in [0.1, 0.15) is 11.6 Å². The second kappa shape index (κ2) is 8.15. The van der Waals surface area contributed by atoms with Gasteiger partial charge in [0.05, 0.1) is 15.6 Å². The number of carboxylic acid groups (broad SMARTS) is 1. The van der Waals surface area contributed by atoms with Crippen LogP contribution in [-0.4, -0.2) is 27.6 Å². The lowest BCUT2D eigenvalue weighted by Crippen LogP contribution is -2.15. The van der Waals surface area contributed by atoms with Crippen LogP contribution in [0.1, 0.15) is 5.56 Å². The number of nitrogens with zero attached hydrogens (tertiary/aromatic N) is 1. The Morgan fingerprint density at radius 3 is 2.76 bits per heavy atom. The Hall–Kier alpha value is -3.07. The average Bonchev–Trinajstić information content (AvgIpc) is 2.55. The van der Waals surface area contributed by atoms with Gasteiger partial charge < -0.3 is 15.2 Å². The summed E-state index contributed by atoms with van der Waals surface area (Å²) in [5.41, 5.74) is 0.882. The molecule has 2 aromatic rings. The highest BCUT2D eigenvalue weighted by Crippen LogP contribution is 2.26. The Morgan fingerprint density at radius 2 is 2.08 bits per heavy atom. The van der Waals surface area contributed by atoms with Crippen molar-refractivity contribution in [3.05, 3.63) is 64.0 Å². The summed E-state index contributed by atoms with van der Waals surface area (Å²) < 4.78 is 18.4. The fraction of sp³-hybridized carbons (Fsp3) is 0.125. The topological polar surface area (TPSA) is 102 Å². The zero-order valence-electron chi connectivity index (χ0n) is 12.8. The summed E-state index contributed by atoms with van der Waals surface area (Å²) in [6.07, 6.45) is 0.215. The number of nitrogens with one attached hydrogen (secondary N) is 1. The summed E-state index contributed by atoms with van der Waals surface area (Å²) in [7, 11) is 0. The molecule has 2 aromatic carbocycles. The summed E-state index contributed by atoms with van der Waals surface area (Å²) in [6.45, 7) is -0.629. The van der Waals surface area contributed by atoms with Gasteiger partial charge in [-0.1, -0.05) is 24.4 Å². The van der Waals surface area contributed by atoms with Crippen LogP contribution in [0.5, 0.6) is 5.75 Å². The summed E-state index contributed by atoms with van der Waals surface area (Å²) in [6, 6.07) is 9.60. The van der Waals surface area contributed by atoms with Crippen LogP contribution in [-0.2, 0) is 11.2 Å². The van der Waals surface area contributed by atoms with E-state index in [0.29, 0.717) is 16.2 Å². The molecule has 0 saturated carbocycles. The number of nitro groups is 1. The molecule has 0 amide bonds. The van der Waals surface area contributed by atoms with Crippen LogP contribution in [0, 0.1) is 15.9 Å². The molecule has 0 bridgehead atoms. The number of halogens is 1. The van der Waals surface area contributed by atoms with Crippen molar-refractivity contribution in [2.45, 2.75) is 6.42 Å². The number of rotatable bonds is 7. The Kier molecular flexibility index (Phi) is 5.96. The summed E-state index contributed by atoms with van der Waals surface area (Å²) in [5, 5.41) is 22.3. The second-order valence-electron chi connectivity index (χ2n) is 4.97. The molecular formula is C16H13FN2O5S. The second-order valence-corrected chi connectivity index (χ2v) is 5.47. The molecule has 0 unspecified atom stereocenters. The van der Waals surface area contributed by atoms with Gasteiger partial charge in [0, 0.05) is 24.6 Å². The van der Waals surface area contributed by atoms with Gasteiger partial charge in [-0.05, 0) is 17.7 Å². The molecule has 0 radical (unpaired) electrons. The van der Waals surface area contributed by atoms with Crippen LogP contribution in [0.2, 0.25) is 0 Å². The van der Waals surface area contributed by atoms with E-state index in [9.17, 15) is 19.3 Å². The minimum absolute atomic E-state index is 0.00351. The molecule has 0 aliphatic carbocycles. The van der Waals surface area contributed by atoms with E-state index in [4.69, 9.17) is 22.1 Å². The highest BCUT2D eigenvalue weighted by molar-refractivity contribution is 7.80. The lowest BCUT2D eigenvalue weighted by atomic mass is 10.1. The standard InChI is InChI=1S/C16H13FN2O5S/c17-11-4-5-13(14(8-11)24-9-16(20)21)18-15(25)7-10-2-1-3-12(6-10)19(22)23/h1-6,8H,7,9H2,(H,18,25)(H,20,21). The van der Waals surface area contributed by atoms with Gasteiger partial charge in [-0.15, -0.1) is 0 Å². The van der Waals surface area contributed by atoms with Crippen molar-refractivity contribution < 1.29 is 24.0 Å². The molecule has 0 fully saturated rings. The molecule has 2 rings (SSSR count). The van der Waals surface area contributed by atoms with Crippen molar-refractivity contribution in [3.63, 3.8) is 0 Å². The molecule has 0 aliphatic rings. The third kappa shape index (κ3) is 5.50. The molecule has 9 heteroatoms.